The fourth-order valence-corrected chi connectivity index (χ4v) is 8.71. The molecular weight excluding hydrogens is 609 g/mol. The predicted octanol–water partition coefficient (Wildman–Crippen LogP) is 3.70. The quantitative estimate of drug-likeness (QED) is 0.328. The molecule has 4 saturated heterocycles. The minimum atomic E-state index is -4.55. The molecule has 5 aliphatic rings. The molecule has 6 rings (SSSR count). The molecule has 2 N–H and O–H groups in total. The van der Waals surface area contributed by atoms with Crippen LogP contribution in [0.4, 0.5) is 13.2 Å². The van der Waals surface area contributed by atoms with E-state index in [1.54, 1.807) is 7.05 Å². The van der Waals surface area contributed by atoms with E-state index < -0.39 is 23.2 Å². The van der Waals surface area contributed by atoms with Gasteiger partial charge in [-0.25, -0.2) is 0 Å². The first-order valence-electron chi connectivity index (χ1n) is 16.9. The maximum Gasteiger partial charge on any atom is 0.416 e. The number of halogens is 3. The molecule has 47 heavy (non-hydrogen) atoms. The number of likely N-dealkylation sites (tertiary alicyclic amines) is 3. The van der Waals surface area contributed by atoms with Crippen LogP contribution in [-0.2, 0) is 11.0 Å². The van der Waals surface area contributed by atoms with Gasteiger partial charge in [-0.15, -0.1) is 0 Å². The maximum absolute atomic E-state index is 13.1. The van der Waals surface area contributed by atoms with E-state index >= 15 is 0 Å². The van der Waals surface area contributed by atoms with Gasteiger partial charge < -0.3 is 20.2 Å². The van der Waals surface area contributed by atoms with Crippen LogP contribution in [0, 0.1) is 0 Å². The topological polar surface area (TPSA) is 91.7 Å². The molecule has 256 valence electrons. The van der Waals surface area contributed by atoms with Crippen LogP contribution in [0.5, 0.6) is 0 Å². The molecule has 4 unspecified atom stereocenters. The Labute approximate surface area is 275 Å². The molecule has 0 radical (unpaired) electrons. The minimum Gasteiger partial charge on any atom is -0.384 e. The first-order chi connectivity index (χ1) is 22.4. The van der Waals surface area contributed by atoms with Crippen LogP contribution in [0.1, 0.15) is 67.3 Å². The molecule has 1 aromatic carbocycles. The largest absolute Gasteiger partial charge is 0.416 e. The van der Waals surface area contributed by atoms with Crippen molar-refractivity contribution in [3.05, 3.63) is 59.8 Å². The lowest BCUT2D eigenvalue weighted by molar-refractivity contribution is -0.137. The summed E-state index contributed by atoms with van der Waals surface area (Å²) in [5.41, 5.74) is -0.364. The smallest absolute Gasteiger partial charge is 0.384 e. The summed E-state index contributed by atoms with van der Waals surface area (Å²) in [6.45, 7) is 7.47. The Morgan fingerprint density at radius 2 is 1.70 bits per heavy atom. The number of aliphatic hydroxyl groups is 1. The van der Waals surface area contributed by atoms with Crippen molar-refractivity contribution in [2.75, 3.05) is 46.8 Å². The third-order valence-corrected chi connectivity index (χ3v) is 11.4. The lowest BCUT2D eigenvalue weighted by atomic mass is 9.78. The number of allylic oxidation sites excluding steroid dienone is 1. The van der Waals surface area contributed by atoms with Gasteiger partial charge in [0.25, 0.3) is 5.91 Å². The summed E-state index contributed by atoms with van der Waals surface area (Å²) >= 11 is 0. The zero-order valence-corrected chi connectivity index (χ0v) is 27.4. The van der Waals surface area contributed by atoms with Gasteiger partial charge >= 0.3 is 6.18 Å². The first-order valence-corrected chi connectivity index (χ1v) is 16.9. The molecule has 1 aromatic rings. The lowest BCUT2D eigenvalue weighted by Gasteiger charge is -2.42. The number of fused-ring (bicyclic) bond motifs is 3. The van der Waals surface area contributed by atoms with Crippen molar-refractivity contribution in [2.24, 2.45) is 4.99 Å². The predicted molar refractivity (Wildman–Crippen MR) is 174 cm³/mol. The van der Waals surface area contributed by atoms with E-state index in [-0.39, 0.29) is 30.1 Å². The molecule has 12 heteroatoms. The van der Waals surface area contributed by atoms with Gasteiger partial charge in [-0.1, -0.05) is 12.6 Å². The number of aliphatic imine (C=N–C) groups is 1. The number of nitrogens with zero attached hydrogens (tertiary/aromatic N) is 5. The van der Waals surface area contributed by atoms with Crippen LogP contribution in [-0.4, -0.2) is 125 Å². The highest BCUT2D eigenvalue weighted by atomic mass is 19.4. The maximum atomic E-state index is 13.1. The third kappa shape index (κ3) is 6.87. The van der Waals surface area contributed by atoms with Gasteiger partial charge in [0.15, 0.2) is 0 Å². The number of hydrogen-bond donors (Lipinski definition) is 2. The summed E-state index contributed by atoms with van der Waals surface area (Å²) in [7, 11) is 3.95. The number of hydrogen-bond acceptors (Lipinski definition) is 7. The SMILES string of the molecule is C=C(/C=C\C(=NC)C1(O)CCC(N2CCC3C2CCN3C(=O)CNC(=O)c2cccc(C(F)(F)F)c2)CC1)N1CC2CCC(C1)N2C. The Kier molecular flexibility index (Phi) is 9.57. The van der Waals surface area contributed by atoms with Crippen LogP contribution in [0.25, 0.3) is 0 Å². The van der Waals surface area contributed by atoms with Gasteiger partial charge in [-0.2, -0.15) is 13.2 Å². The Bertz CT molecular complexity index is 1410. The monoisotopic (exact) mass is 656 g/mol. The van der Waals surface area contributed by atoms with Gasteiger partial charge in [0.05, 0.1) is 17.8 Å². The lowest BCUT2D eigenvalue weighted by Crippen LogP contribution is -2.51. The van der Waals surface area contributed by atoms with Crippen LogP contribution in [0.2, 0.25) is 0 Å². The van der Waals surface area contributed by atoms with E-state index in [4.69, 9.17) is 0 Å². The average Bonchev–Trinajstić information content (AvgIpc) is 3.70. The second-order valence-corrected chi connectivity index (χ2v) is 13.9. The minimum absolute atomic E-state index is 0.0419. The van der Waals surface area contributed by atoms with E-state index in [0.29, 0.717) is 43.2 Å². The Balaban J connectivity index is 0.988. The number of carbonyl (C=O) groups is 2. The van der Waals surface area contributed by atoms with Gasteiger partial charge in [-0.05, 0) is 88.8 Å². The molecular formula is C35H47F3N6O3. The van der Waals surface area contributed by atoms with E-state index in [1.807, 2.05) is 17.1 Å². The van der Waals surface area contributed by atoms with Gasteiger partial charge in [0.1, 0.15) is 5.60 Å². The Morgan fingerprint density at radius 1 is 1.02 bits per heavy atom. The Morgan fingerprint density at radius 3 is 2.36 bits per heavy atom. The molecule has 1 aliphatic carbocycles. The number of amides is 2. The van der Waals surface area contributed by atoms with Crippen molar-refractivity contribution in [3.8, 4) is 0 Å². The number of carbonyl (C=O) groups excluding carboxylic acids is 2. The summed E-state index contributed by atoms with van der Waals surface area (Å²) < 4.78 is 39.2. The van der Waals surface area contributed by atoms with Crippen molar-refractivity contribution in [1.29, 1.82) is 0 Å². The summed E-state index contributed by atoms with van der Waals surface area (Å²) in [5.74, 6) is -0.928. The second kappa shape index (κ2) is 13.4. The van der Waals surface area contributed by atoms with E-state index in [1.165, 1.54) is 25.0 Å². The number of likely N-dealkylation sites (N-methyl/N-ethyl adjacent to an activating group) is 1. The molecule has 0 spiro atoms. The van der Waals surface area contributed by atoms with Crippen LogP contribution < -0.4 is 5.32 Å². The zero-order chi connectivity index (χ0) is 33.5. The number of piperazine rings is 1. The zero-order valence-electron chi connectivity index (χ0n) is 27.4. The van der Waals surface area contributed by atoms with Gasteiger partial charge in [0, 0.05) is 74.7 Å². The molecule has 4 aliphatic heterocycles. The van der Waals surface area contributed by atoms with Crippen molar-refractivity contribution in [1.82, 2.24) is 24.9 Å². The van der Waals surface area contributed by atoms with E-state index in [9.17, 15) is 27.9 Å². The van der Waals surface area contributed by atoms with Gasteiger partial charge in [0.2, 0.25) is 5.91 Å². The molecule has 2 bridgehead atoms. The highest BCUT2D eigenvalue weighted by Crippen LogP contribution is 2.40. The summed E-state index contributed by atoms with van der Waals surface area (Å²) in [4.78, 5) is 39.3. The molecule has 2 amide bonds. The number of benzene rings is 1. The number of rotatable bonds is 8. The van der Waals surface area contributed by atoms with Crippen molar-refractivity contribution >= 4 is 17.5 Å². The molecule has 5 fully saturated rings. The fourth-order valence-electron chi connectivity index (χ4n) is 8.71. The van der Waals surface area contributed by atoms with Crippen molar-refractivity contribution in [3.63, 3.8) is 0 Å². The van der Waals surface area contributed by atoms with E-state index in [2.05, 4.69) is 38.6 Å². The van der Waals surface area contributed by atoms with Crippen molar-refractivity contribution in [2.45, 2.75) is 93.4 Å². The highest BCUT2D eigenvalue weighted by Gasteiger charge is 2.48. The normalized spacial score (nSPS) is 31.9. The number of alkyl halides is 3. The standard InChI is InChI=1S/C35H47F3N6O3/c1-23(42-21-27-8-9-28(22-42)41(27)3)7-10-31(39-2)34(47)15-11-26(12-16-34)43-17-13-30-29(43)14-18-44(30)32(45)20-40-33(46)24-5-4-6-25(19-24)35(36,37)38/h4-7,10,19,26-30,47H,1,8-9,11-18,20-22H2,2-3H3,(H,40,46)/b10-7-,39-31?. The molecule has 0 aromatic heterocycles. The van der Waals surface area contributed by atoms with Crippen LogP contribution >= 0.6 is 0 Å². The average molecular weight is 657 g/mol. The van der Waals surface area contributed by atoms with Crippen LogP contribution in [0.15, 0.2) is 53.7 Å². The third-order valence-electron chi connectivity index (χ3n) is 11.4. The number of nitrogens with one attached hydrogen (secondary N) is 1. The molecule has 9 nitrogen and oxygen atoms in total. The van der Waals surface area contributed by atoms with E-state index in [0.717, 1.165) is 63.1 Å². The molecule has 1 saturated carbocycles. The highest BCUT2D eigenvalue weighted by molar-refractivity contribution is 6.02. The molecule has 4 heterocycles. The van der Waals surface area contributed by atoms with Crippen molar-refractivity contribution < 1.29 is 27.9 Å². The van der Waals surface area contributed by atoms with Crippen LogP contribution in [0.3, 0.4) is 0 Å². The second-order valence-electron chi connectivity index (χ2n) is 13.9. The van der Waals surface area contributed by atoms with Gasteiger partial charge in [-0.3, -0.25) is 24.4 Å². The first kappa shape index (κ1) is 33.7. The summed E-state index contributed by atoms with van der Waals surface area (Å²) in [5, 5.41) is 14.2. The molecule has 4 atom stereocenters. The summed E-state index contributed by atoms with van der Waals surface area (Å²) in [6.07, 6.45) is 6.41. The fraction of sp³-hybridized carbons (Fsp3) is 0.629. The Hall–Kier alpha value is -3.22. The summed E-state index contributed by atoms with van der Waals surface area (Å²) in [6, 6.07) is 5.92.